The molecule has 0 spiro atoms. The molecule has 0 amide bonds. The Morgan fingerprint density at radius 3 is 1.65 bits per heavy atom. The molecule has 0 aliphatic heterocycles. The molecule has 0 bridgehead atoms. The van der Waals surface area contributed by atoms with Gasteiger partial charge in [-0.05, 0) is 48.5 Å². The first-order valence-electron chi connectivity index (χ1n) is 11.1. The maximum atomic E-state index is 14.8. The summed E-state index contributed by atoms with van der Waals surface area (Å²) in [5.74, 6) is 1.60. The van der Waals surface area contributed by atoms with Gasteiger partial charge in [-0.15, -0.1) is 11.3 Å². The fourth-order valence-electron chi connectivity index (χ4n) is 4.35. The standard InChI is InChI=1S/C30H21O2PS/c31-33(24-12-6-2-7-13-24,25-14-8-3-9-15-25)26-17-19-30-28(21-26)27-20-23(16-18-29(27)34-30)32-22-10-4-1-5-11-22/h1-21H. The first-order valence-corrected chi connectivity index (χ1v) is 13.7. The van der Waals surface area contributed by atoms with Gasteiger partial charge in [0.25, 0.3) is 0 Å². The predicted molar refractivity (Wildman–Crippen MR) is 145 cm³/mol. The van der Waals surface area contributed by atoms with E-state index in [1.54, 1.807) is 11.3 Å². The largest absolute Gasteiger partial charge is 0.457 e. The molecule has 2 nitrogen and oxygen atoms in total. The maximum absolute atomic E-state index is 14.8. The Bertz CT molecular complexity index is 1600. The van der Waals surface area contributed by atoms with E-state index in [4.69, 9.17) is 4.74 Å². The van der Waals surface area contributed by atoms with E-state index in [0.29, 0.717) is 0 Å². The number of rotatable bonds is 5. The van der Waals surface area contributed by atoms with E-state index in [1.165, 1.54) is 9.40 Å². The Kier molecular flexibility index (Phi) is 5.30. The summed E-state index contributed by atoms with van der Waals surface area (Å²) in [4.78, 5) is 0. The van der Waals surface area contributed by atoms with Gasteiger partial charge in [0.15, 0.2) is 7.14 Å². The zero-order valence-electron chi connectivity index (χ0n) is 18.3. The van der Waals surface area contributed by atoms with Gasteiger partial charge in [-0.2, -0.15) is 0 Å². The minimum absolute atomic E-state index is 0.790. The highest BCUT2D eigenvalue weighted by atomic mass is 32.1. The predicted octanol–water partition coefficient (Wildman–Crippen LogP) is 7.49. The molecule has 0 unspecified atom stereocenters. The maximum Gasteiger partial charge on any atom is 0.171 e. The normalized spacial score (nSPS) is 11.6. The summed E-state index contributed by atoms with van der Waals surface area (Å²) in [6.07, 6.45) is 0. The molecular weight excluding hydrogens is 455 g/mol. The third kappa shape index (κ3) is 3.64. The zero-order chi connectivity index (χ0) is 23.0. The Morgan fingerprint density at radius 1 is 0.500 bits per heavy atom. The second kappa shape index (κ2) is 8.61. The van der Waals surface area contributed by atoms with E-state index in [0.717, 1.165) is 38.2 Å². The highest BCUT2D eigenvalue weighted by Gasteiger charge is 2.30. The van der Waals surface area contributed by atoms with Crippen LogP contribution in [0.1, 0.15) is 0 Å². The van der Waals surface area contributed by atoms with E-state index in [2.05, 4.69) is 24.3 Å². The molecule has 0 N–H and O–H groups in total. The third-order valence-electron chi connectivity index (χ3n) is 6.01. The second-order valence-corrected chi connectivity index (χ2v) is 12.0. The number of hydrogen-bond donors (Lipinski definition) is 0. The number of hydrogen-bond acceptors (Lipinski definition) is 3. The van der Waals surface area contributed by atoms with Gasteiger partial charge in [0.05, 0.1) is 0 Å². The van der Waals surface area contributed by atoms with Crippen LogP contribution < -0.4 is 20.7 Å². The van der Waals surface area contributed by atoms with Crippen molar-refractivity contribution in [3.8, 4) is 11.5 Å². The molecule has 0 saturated heterocycles. The molecule has 5 aromatic carbocycles. The topological polar surface area (TPSA) is 26.3 Å². The van der Waals surface area contributed by atoms with Crippen LogP contribution in [0.3, 0.4) is 0 Å². The SMILES string of the molecule is O=P(c1ccccc1)(c1ccccc1)c1ccc2sc3ccc(Oc4ccccc4)cc3c2c1. The molecule has 1 heterocycles. The summed E-state index contributed by atoms with van der Waals surface area (Å²) in [6.45, 7) is 0. The Labute approximate surface area is 202 Å². The minimum Gasteiger partial charge on any atom is -0.457 e. The van der Waals surface area contributed by atoms with E-state index < -0.39 is 7.14 Å². The van der Waals surface area contributed by atoms with Gasteiger partial charge in [0.1, 0.15) is 11.5 Å². The molecule has 6 aromatic rings. The van der Waals surface area contributed by atoms with Gasteiger partial charge in [-0.3, -0.25) is 0 Å². The first kappa shape index (κ1) is 20.9. The molecule has 0 radical (unpaired) electrons. The summed E-state index contributed by atoms with van der Waals surface area (Å²) in [5, 5.41) is 4.74. The summed E-state index contributed by atoms with van der Waals surface area (Å²) in [5.41, 5.74) is 0. The average Bonchev–Trinajstić information content (AvgIpc) is 3.27. The first-order chi connectivity index (χ1) is 16.7. The molecule has 0 saturated carbocycles. The van der Waals surface area contributed by atoms with Crippen molar-refractivity contribution in [2.75, 3.05) is 0 Å². The van der Waals surface area contributed by atoms with Crippen LogP contribution in [0, 0.1) is 0 Å². The Hall–Kier alpha value is -3.65. The Balaban J connectivity index is 1.53. The number of fused-ring (bicyclic) bond motifs is 3. The lowest BCUT2D eigenvalue weighted by Gasteiger charge is -2.20. The summed E-state index contributed by atoms with van der Waals surface area (Å²) in [6, 6.07) is 41.8. The molecule has 0 aliphatic carbocycles. The quantitative estimate of drug-likeness (QED) is 0.241. The van der Waals surface area contributed by atoms with E-state index in [-0.39, 0.29) is 0 Å². The third-order valence-corrected chi connectivity index (χ3v) is 10.2. The van der Waals surface area contributed by atoms with Crippen molar-refractivity contribution in [1.29, 1.82) is 0 Å². The van der Waals surface area contributed by atoms with Crippen molar-refractivity contribution in [3.05, 3.63) is 127 Å². The van der Waals surface area contributed by atoms with Gasteiger partial charge >= 0.3 is 0 Å². The van der Waals surface area contributed by atoms with Gasteiger partial charge in [0, 0.05) is 36.1 Å². The van der Waals surface area contributed by atoms with Gasteiger partial charge in [0.2, 0.25) is 0 Å². The van der Waals surface area contributed by atoms with Crippen molar-refractivity contribution in [2.45, 2.75) is 0 Å². The molecular formula is C30H21O2PS. The summed E-state index contributed by atoms with van der Waals surface area (Å²) in [7, 11) is -3.03. The number of thiophene rings is 1. The van der Waals surface area contributed by atoms with Crippen molar-refractivity contribution in [1.82, 2.24) is 0 Å². The molecule has 0 aliphatic rings. The molecule has 0 atom stereocenters. The molecule has 6 rings (SSSR count). The monoisotopic (exact) mass is 476 g/mol. The van der Waals surface area contributed by atoms with Crippen molar-refractivity contribution in [3.63, 3.8) is 0 Å². The van der Waals surface area contributed by atoms with Crippen molar-refractivity contribution < 1.29 is 9.30 Å². The molecule has 0 fully saturated rings. The minimum atomic E-state index is -3.03. The lowest BCUT2D eigenvalue weighted by Crippen LogP contribution is -2.24. The van der Waals surface area contributed by atoms with Crippen LogP contribution >= 0.6 is 18.5 Å². The number of ether oxygens (including phenoxy) is 1. The van der Waals surface area contributed by atoms with Crippen LogP contribution in [-0.2, 0) is 4.57 Å². The van der Waals surface area contributed by atoms with Crippen molar-refractivity contribution >= 4 is 54.6 Å². The van der Waals surface area contributed by atoms with E-state index in [9.17, 15) is 4.57 Å². The molecule has 34 heavy (non-hydrogen) atoms. The summed E-state index contributed by atoms with van der Waals surface area (Å²) < 4.78 is 23.2. The van der Waals surface area contributed by atoms with Crippen LogP contribution in [0.5, 0.6) is 11.5 Å². The highest BCUT2D eigenvalue weighted by Crippen LogP contribution is 2.44. The molecule has 4 heteroatoms. The van der Waals surface area contributed by atoms with Crippen LogP contribution in [-0.4, -0.2) is 0 Å². The van der Waals surface area contributed by atoms with Crippen LogP contribution in [0.2, 0.25) is 0 Å². The summed E-state index contributed by atoms with van der Waals surface area (Å²) >= 11 is 1.74. The lowest BCUT2D eigenvalue weighted by atomic mass is 10.1. The van der Waals surface area contributed by atoms with Crippen LogP contribution in [0.4, 0.5) is 0 Å². The Morgan fingerprint density at radius 2 is 1.03 bits per heavy atom. The molecule has 1 aromatic heterocycles. The van der Waals surface area contributed by atoms with Crippen molar-refractivity contribution in [2.24, 2.45) is 0 Å². The second-order valence-electron chi connectivity index (χ2n) is 8.14. The lowest BCUT2D eigenvalue weighted by molar-refractivity contribution is 0.483. The van der Waals surface area contributed by atoms with E-state index in [1.807, 2.05) is 103 Å². The average molecular weight is 477 g/mol. The van der Waals surface area contributed by atoms with E-state index >= 15 is 0 Å². The smallest absolute Gasteiger partial charge is 0.171 e. The highest BCUT2D eigenvalue weighted by molar-refractivity contribution is 7.85. The zero-order valence-corrected chi connectivity index (χ0v) is 20.0. The van der Waals surface area contributed by atoms with Gasteiger partial charge in [-0.25, -0.2) is 0 Å². The fourth-order valence-corrected chi connectivity index (χ4v) is 8.09. The number of para-hydroxylation sites is 1. The van der Waals surface area contributed by atoms with Crippen LogP contribution in [0.25, 0.3) is 20.2 Å². The van der Waals surface area contributed by atoms with Gasteiger partial charge in [-0.1, -0.05) is 78.9 Å². The number of benzene rings is 5. The van der Waals surface area contributed by atoms with Gasteiger partial charge < -0.3 is 9.30 Å². The fraction of sp³-hybridized carbons (Fsp3) is 0. The van der Waals surface area contributed by atoms with Crippen LogP contribution in [0.15, 0.2) is 127 Å². The molecule has 164 valence electrons.